The van der Waals surface area contributed by atoms with Crippen molar-refractivity contribution in [2.45, 2.75) is 18.9 Å². The number of aromatic nitrogens is 1. The van der Waals surface area contributed by atoms with Crippen LogP contribution in [0.1, 0.15) is 23.2 Å². The number of amides is 1. The molecule has 0 aromatic carbocycles. The summed E-state index contributed by atoms with van der Waals surface area (Å²) in [5.74, 6) is -0.556. The molecule has 1 unspecified atom stereocenters. The van der Waals surface area contributed by atoms with Crippen LogP contribution in [0.5, 0.6) is 5.88 Å². The van der Waals surface area contributed by atoms with Crippen LogP contribution in [0, 0.1) is 5.92 Å². The molecule has 1 saturated carbocycles. The second-order valence-corrected chi connectivity index (χ2v) is 4.23. The van der Waals surface area contributed by atoms with E-state index in [9.17, 15) is 14.7 Å². The van der Waals surface area contributed by atoms with Gasteiger partial charge in [-0.15, -0.1) is 0 Å². The molecule has 1 amide bonds. The molecular weight excluding hydrogens is 224 g/mol. The molecule has 0 radical (unpaired) electrons. The number of carbonyl (C=O) groups is 1. The van der Waals surface area contributed by atoms with E-state index in [1.165, 1.54) is 6.07 Å². The first-order chi connectivity index (χ1) is 8.06. The predicted octanol–water partition coefficient (Wildman–Crippen LogP) is -0.419. The molecule has 0 bridgehead atoms. The van der Waals surface area contributed by atoms with E-state index in [1.807, 2.05) is 0 Å². The van der Waals surface area contributed by atoms with Crippen molar-refractivity contribution in [1.29, 1.82) is 0 Å². The van der Waals surface area contributed by atoms with Gasteiger partial charge in [-0.25, -0.2) is 0 Å². The fraction of sp³-hybridized carbons (Fsp3) is 0.455. The van der Waals surface area contributed by atoms with Crippen LogP contribution in [0.15, 0.2) is 16.9 Å². The fourth-order valence-electron chi connectivity index (χ4n) is 1.61. The number of aromatic amines is 1. The number of pyridine rings is 1. The van der Waals surface area contributed by atoms with E-state index < -0.39 is 17.6 Å². The van der Waals surface area contributed by atoms with Crippen molar-refractivity contribution < 1.29 is 15.0 Å². The van der Waals surface area contributed by atoms with Crippen LogP contribution < -0.4 is 10.9 Å². The van der Waals surface area contributed by atoms with E-state index in [0.29, 0.717) is 0 Å². The van der Waals surface area contributed by atoms with Crippen LogP contribution in [0.25, 0.3) is 0 Å². The van der Waals surface area contributed by atoms with Crippen molar-refractivity contribution in [2.75, 3.05) is 6.54 Å². The number of hydrogen-bond donors (Lipinski definition) is 4. The van der Waals surface area contributed by atoms with Crippen molar-refractivity contribution in [3.8, 4) is 5.88 Å². The summed E-state index contributed by atoms with van der Waals surface area (Å²) in [5.41, 5.74) is -0.466. The predicted molar refractivity (Wildman–Crippen MR) is 59.8 cm³/mol. The summed E-state index contributed by atoms with van der Waals surface area (Å²) >= 11 is 0. The van der Waals surface area contributed by atoms with Crippen molar-refractivity contribution in [1.82, 2.24) is 10.3 Å². The van der Waals surface area contributed by atoms with Crippen LogP contribution in [0.3, 0.4) is 0 Å². The summed E-state index contributed by atoms with van der Waals surface area (Å²) in [6, 6.07) is 2.26. The molecule has 1 aromatic heterocycles. The first-order valence-electron chi connectivity index (χ1n) is 5.46. The molecular formula is C11H14N2O4. The van der Waals surface area contributed by atoms with Gasteiger partial charge in [-0.2, -0.15) is 0 Å². The summed E-state index contributed by atoms with van der Waals surface area (Å²) in [6.07, 6.45) is 1.45. The number of H-pyrrole nitrogens is 1. The highest BCUT2D eigenvalue weighted by atomic mass is 16.3. The first kappa shape index (κ1) is 11.7. The second kappa shape index (κ2) is 4.58. The molecule has 6 heteroatoms. The maximum atomic E-state index is 11.6. The average molecular weight is 238 g/mol. The molecule has 92 valence electrons. The summed E-state index contributed by atoms with van der Waals surface area (Å²) in [4.78, 5) is 24.8. The maximum Gasteiger partial charge on any atom is 0.251 e. The molecule has 1 aliphatic carbocycles. The smallest absolute Gasteiger partial charge is 0.251 e. The quantitative estimate of drug-likeness (QED) is 0.572. The molecule has 1 aromatic rings. The standard InChI is InChI=1S/C11H14N2O4/c14-8(6-1-2-6)5-12-11(17)7-3-9(15)13-10(16)4-7/h3-4,6,8,14H,1-2,5H2,(H,12,17)(H2,13,15,16). The summed E-state index contributed by atoms with van der Waals surface area (Å²) in [6.45, 7) is 0.164. The van der Waals surface area contributed by atoms with Gasteiger partial charge in [-0.05, 0) is 18.8 Å². The summed E-state index contributed by atoms with van der Waals surface area (Å²) in [5, 5.41) is 21.2. The van der Waals surface area contributed by atoms with Gasteiger partial charge < -0.3 is 15.5 Å². The third-order valence-electron chi connectivity index (χ3n) is 2.73. The van der Waals surface area contributed by atoms with Gasteiger partial charge in [0.2, 0.25) is 0 Å². The zero-order valence-electron chi connectivity index (χ0n) is 9.14. The monoisotopic (exact) mass is 238 g/mol. The lowest BCUT2D eigenvalue weighted by molar-refractivity contribution is 0.0900. The van der Waals surface area contributed by atoms with E-state index in [1.54, 1.807) is 0 Å². The molecule has 6 nitrogen and oxygen atoms in total. The van der Waals surface area contributed by atoms with Gasteiger partial charge in [0, 0.05) is 18.7 Å². The van der Waals surface area contributed by atoms with E-state index in [-0.39, 0.29) is 23.9 Å². The van der Waals surface area contributed by atoms with E-state index in [4.69, 9.17) is 5.11 Å². The van der Waals surface area contributed by atoms with Gasteiger partial charge >= 0.3 is 0 Å². The lowest BCUT2D eigenvalue weighted by Gasteiger charge is -2.10. The number of rotatable bonds is 4. The Balaban J connectivity index is 1.96. The summed E-state index contributed by atoms with van der Waals surface area (Å²) < 4.78 is 0. The molecule has 2 rings (SSSR count). The molecule has 1 fully saturated rings. The van der Waals surface area contributed by atoms with Gasteiger partial charge in [-0.1, -0.05) is 0 Å². The van der Waals surface area contributed by atoms with Gasteiger partial charge in [0.15, 0.2) is 5.88 Å². The number of aromatic hydroxyl groups is 1. The number of carbonyl (C=O) groups excluding carboxylic acids is 1. The van der Waals surface area contributed by atoms with Crippen LogP contribution in [-0.2, 0) is 0 Å². The highest BCUT2D eigenvalue weighted by molar-refractivity contribution is 5.94. The highest BCUT2D eigenvalue weighted by Gasteiger charge is 2.29. The average Bonchev–Trinajstić information content (AvgIpc) is 3.07. The van der Waals surface area contributed by atoms with Crippen LogP contribution >= 0.6 is 0 Å². The number of hydrogen-bond acceptors (Lipinski definition) is 4. The molecule has 0 saturated heterocycles. The minimum Gasteiger partial charge on any atom is -0.494 e. The number of aliphatic hydroxyl groups excluding tert-OH is 1. The van der Waals surface area contributed by atoms with Crippen molar-refractivity contribution in [3.05, 3.63) is 28.0 Å². The van der Waals surface area contributed by atoms with Crippen molar-refractivity contribution >= 4 is 5.91 Å². The summed E-state index contributed by atoms with van der Waals surface area (Å²) in [7, 11) is 0. The van der Waals surface area contributed by atoms with Gasteiger partial charge in [0.1, 0.15) is 0 Å². The lowest BCUT2D eigenvalue weighted by atomic mass is 10.2. The minimum absolute atomic E-state index is 0.0780. The van der Waals surface area contributed by atoms with Gasteiger partial charge in [-0.3, -0.25) is 14.6 Å². The van der Waals surface area contributed by atoms with E-state index in [0.717, 1.165) is 18.9 Å². The number of nitrogens with one attached hydrogen (secondary N) is 2. The topological polar surface area (TPSA) is 102 Å². The van der Waals surface area contributed by atoms with Gasteiger partial charge in [0.25, 0.3) is 11.5 Å². The Morgan fingerprint density at radius 1 is 1.53 bits per heavy atom. The molecule has 1 heterocycles. The Kier molecular flexibility index (Phi) is 3.14. The normalized spacial score (nSPS) is 16.5. The zero-order valence-corrected chi connectivity index (χ0v) is 9.14. The fourth-order valence-corrected chi connectivity index (χ4v) is 1.61. The number of aliphatic hydroxyl groups is 1. The Labute approximate surface area is 97.3 Å². The third kappa shape index (κ3) is 3.07. The Morgan fingerprint density at radius 3 is 2.82 bits per heavy atom. The molecule has 1 aliphatic rings. The molecule has 0 aliphatic heterocycles. The largest absolute Gasteiger partial charge is 0.494 e. The van der Waals surface area contributed by atoms with Gasteiger partial charge in [0.05, 0.1) is 11.7 Å². The van der Waals surface area contributed by atoms with E-state index >= 15 is 0 Å². The van der Waals surface area contributed by atoms with E-state index in [2.05, 4.69) is 10.3 Å². The maximum absolute atomic E-state index is 11.6. The second-order valence-electron chi connectivity index (χ2n) is 4.23. The zero-order chi connectivity index (χ0) is 12.4. The minimum atomic E-state index is -0.544. The Hall–Kier alpha value is -1.82. The van der Waals surface area contributed by atoms with Crippen molar-refractivity contribution in [3.63, 3.8) is 0 Å². The van der Waals surface area contributed by atoms with Crippen LogP contribution in [0.2, 0.25) is 0 Å². The SMILES string of the molecule is O=C(NCC(O)C1CC1)c1cc(O)[nH]c(=O)c1. The molecule has 0 spiro atoms. The first-order valence-corrected chi connectivity index (χ1v) is 5.46. The molecule has 1 atom stereocenters. The Bertz CT molecular complexity index is 479. The van der Waals surface area contributed by atoms with Crippen LogP contribution in [0.4, 0.5) is 0 Å². The Morgan fingerprint density at radius 2 is 2.24 bits per heavy atom. The lowest BCUT2D eigenvalue weighted by Crippen LogP contribution is -2.33. The third-order valence-corrected chi connectivity index (χ3v) is 2.73. The molecule has 4 N–H and O–H groups in total. The van der Waals surface area contributed by atoms with Crippen LogP contribution in [-0.4, -0.2) is 33.8 Å². The highest BCUT2D eigenvalue weighted by Crippen LogP contribution is 2.32. The molecule has 17 heavy (non-hydrogen) atoms. The van der Waals surface area contributed by atoms with Crippen molar-refractivity contribution in [2.24, 2.45) is 5.92 Å².